The summed E-state index contributed by atoms with van der Waals surface area (Å²) < 4.78 is 10.1. The van der Waals surface area contributed by atoms with E-state index in [0.29, 0.717) is 11.6 Å². The number of benzene rings is 1. The Morgan fingerprint density at radius 3 is 2.50 bits per heavy atom. The normalized spacial score (nSPS) is 10.5. The van der Waals surface area contributed by atoms with Crippen LogP contribution in [0.25, 0.3) is 0 Å². The summed E-state index contributed by atoms with van der Waals surface area (Å²) in [6, 6.07) is 7.28. The molecule has 0 aliphatic carbocycles. The zero-order valence-electron chi connectivity index (χ0n) is 9.40. The molecule has 1 aromatic rings. The van der Waals surface area contributed by atoms with Gasteiger partial charge in [0, 0.05) is 5.02 Å². The summed E-state index contributed by atoms with van der Waals surface area (Å²) >= 11 is 5.74. The van der Waals surface area contributed by atoms with Crippen molar-refractivity contribution in [2.45, 2.75) is 26.6 Å². The van der Waals surface area contributed by atoms with E-state index in [1.807, 2.05) is 12.1 Å². The first kappa shape index (κ1) is 13.0. The van der Waals surface area contributed by atoms with Gasteiger partial charge in [-0.3, -0.25) is 0 Å². The van der Waals surface area contributed by atoms with Crippen LogP contribution in [0.2, 0.25) is 5.02 Å². The van der Waals surface area contributed by atoms with Gasteiger partial charge in [0.05, 0.1) is 12.7 Å². The van der Waals surface area contributed by atoms with E-state index in [1.165, 1.54) is 0 Å². The summed E-state index contributed by atoms with van der Waals surface area (Å²) in [6.45, 7) is 3.96. The molecule has 0 aliphatic heterocycles. The highest BCUT2D eigenvalue weighted by Crippen LogP contribution is 2.10. The summed E-state index contributed by atoms with van der Waals surface area (Å²) in [5.74, 6) is -0.344. The molecule has 0 unspecified atom stereocenters. The van der Waals surface area contributed by atoms with Crippen LogP contribution in [0.15, 0.2) is 24.3 Å². The molecular formula is C12H15ClO3. The Hall–Kier alpha value is -1.06. The molecule has 0 bridgehead atoms. The Labute approximate surface area is 100 Å². The van der Waals surface area contributed by atoms with Crippen LogP contribution in [0.3, 0.4) is 0 Å². The predicted molar refractivity (Wildman–Crippen MR) is 62.3 cm³/mol. The molecule has 0 atom stereocenters. The predicted octanol–water partition coefficient (Wildman–Crippen LogP) is 2.81. The number of carbonyl (C=O) groups is 1. The van der Waals surface area contributed by atoms with Gasteiger partial charge in [-0.2, -0.15) is 0 Å². The summed E-state index contributed by atoms with van der Waals surface area (Å²) in [5, 5.41) is 0.683. The van der Waals surface area contributed by atoms with Crippen molar-refractivity contribution < 1.29 is 14.3 Å². The fourth-order valence-electron chi connectivity index (χ4n) is 1.13. The van der Waals surface area contributed by atoms with E-state index in [4.69, 9.17) is 21.1 Å². The minimum absolute atomic E-state index is 0.0270. The lowest BCUT2D eigenvalue weighted by atomic mass is 10.2. The first-order chi connectivity index (χ1) is 7.58. The molecule has 88 valence electrons. The van der Waals surface area contributed by atoms with Crippen LogP contribution >= 0.6 is 11.6 Å². The molecule has 0 saturated heterocycles. The van der Waals surface area contributed by atoms with Gasteiger partial charge >= 0.3 is 5.97 Å². The molecule has 0 amide bonds. The number of ether oxygens (including phenoxy) is 2. The molecule has 0 aromatic heterocycles. The average molecular weight is 243 g/mol. The molecular weight excluding hydrogens is 228 g/mol. The minimum Gasteiger partial charge on any atom is -0.461 e. The molecule has 0 aliphatic rings. The standard InChI is InChI=1S/C12H15ClO3/c1-9(2)16-12(14)8-15-7-10-3-5-11(13)6-4-10/h3-6,9H,7-8H2,1-2H3. The van der Waals surface area contributed by atoms with Crippen LogP contribution < -0.4 is 0 Å². The lowest BCUT2D eigenvalue weighted by Gasteiger charge is -2.08. The molecule has 16 heavy (non-hydrogen) atoms. The summed E-state index contributed by atoms with van der Waals surface area (Å²) in [7, 11) is 0. The van der Waals surface area contributed by atoms with Crippen molar-refractivity contribution >= 4 is 17.6 Å². The van der Waals surface area contributed by atoms with Crippen molar-refractivity contribution in [3.05, 3.63) is 34.9 Å². The molecule has 0 fully saturated rings. The highest BCUT2D eigenvalue weighted by Gasteiger charge is 2.05. The number of halogens is 1. The number of esters is 1. The van der Waals surface area contributed by atoms with E-state index < -0.39 is 0 Å². The molecule has 1 aromatic carbocycles. The van der Waals surface area contributed by atoms with Gasteiger partial charge < -0.3 is 9.47 Å². The molecule has 0 spiro atoms. The smallest absolute Gasteiger partial charge is 0.332 e. The second kappa shape index (κ2) is 6.51. The van der Waals surface area contributed by atoms with Crippen molar-refractivity contribution in [2.75, 3.05) is 6.61 Å². The topological polar surface area (TPSA) is 35.5 Å². The second-order valence-electron chi connectivity index (χ2n) is 3.66. The minimum atomic E-state index is -0.344. The van der Waals surface area contributed by atoms with Crippen LogP contribution in [-0.4, -0.2) is 18.7 Å². The van der Waals surface area contributed by atoms with Crippen LogP contribution in [0, 0.1) is 0 Å². The maximum atomic E-state index is 11.1. The van der Waals surface area contributed by atoms with Gasteiger partial charge in [-0.25, -0.2) is 4.79 Å². The first-order valence-corrected chi connectivity index (χ1v) is 5.47. The Morgan fingerprint density at radius 1 is 1.31 bits per heavy atom. The van der Waals surface area contributed by atoms with E-state index in [1.54, 1.807) is 26.0 Å². The van der Waals surface area contributed by atoms with Gasteiger partial charge in [0.1, 0.15) is 6.61 Å². The lowest BCUT2D eigenvalue weighted by Crippen LogP contribution is -2.16. The molecule has 0 radical (unpaired) electrons. The van der Waals surface area contributed by atoms with Gasteiger partial charge in [0.2, 0.25) is 0 Å². The molecule has 0 heterocycles. The zero-order chi connectivity index (χ0) is 12.0. The number of hydrogen-bond donors (Lipinski definition) is 0. The van der Waals surface area contributed by atoms with E-state index in [9.17, 15) is 4.79 Å². The molecule has 3 nitrogen and oxygen atoms in total. The molecule has 0 N–H and O–H groups in total. The fraction of sp³-hybridized carbons (Fsp3) is 0.417. The van der Waals surface area contributed by atoms with Gasteiger partial charge in [0.25, 0.3) is 0 Å². The van der Waals surface area contributed by atoms with Crippen molar-refractivity contribution in [1.82, 2.24) is 0 Å². The maximum Gasteiger partial charge on any atom is 0.332 e. The average Bonchev–Trinajstić information content (AvgIpc) is 2.20. The highest BCUT2D eigenvalue weighted by atomic mass is 35.5. The third kappa shape index (κ3) is 5.14. The van der Waals surface area contributed by atoms with E-state index in [2.05, 4.69) is 0 Å². The Bertz CT molecular complexity index is 333. The Morgan fingerprint density at radius 2 is 1.94 bits per heavy atom. The highest BCUT2D eigenvalue weighted by molar-refractivity contribution is 6.30. The van der Waals surface area contributed by atoms with Crippen molar-refractivity contribution in [2.24, 2.45) is 0 Å². The summed E-state index contributed by atoms with van der Waals surface area (Å²) in [6.07, 6.45) is -0.105. The SMILES string of the molecule is CC(C)OC(=O)COCc1ccc(Cl)cc1. The third-order valence-electron chi connectivity index (χ3n) is 1.77. The molecule has 0 saturated carbocycles. The van der Waals surface area contributed by atoms with Gasteiger partial charge in [-0.1, -0.05) is 23.7 Å². The van der Waals surface area contributed by atoms with Gasteiger partial charge in [-0.15, -0.1) is 0 Å². The van der Waals surface area contributed by atoms with Crippen molar-refractivity contribution in [3.8, 4) is 0 Å². The van der Waals surface area contributed by atoms with E-state index in [-0.39, 0.29) is 18.7 Å². The quantitative estimate of drug-likeness (QED) is 0.745. The fourth-order valence-corrected chi connectivity index (χ4v) is 1.26. The van der Waals surface area contributed by atoms with Gasteiger partial charge in [-0.05, 0) is 31.5 Å². The maximum absolute atomic E-state index is 11.1. The Kier molecular flexibility index (Phi) is 5.29. The monoisotopic (exact) mass is 242 g/mol. The Balaban J connectivity index is 2.25. The van der Waals surface area contributed by atoms with Crippen molar-refractivity contribution in [1.29, 1.82) is 0 Å². The van der Waals surface area contributed by atoms with Crippen LogP contribution in [0.4, 0.5) is 0 Å². The van der Waals surface area contributed by atoms with Gasteiger partial charge in [0.15, 0.2) is 0 Å². The number of carbonyl (C=O) groups excluding carboxylic acids is 1. The first-order valence-electron chi connectivity index (χ1n) is 5.09. The number of hydrogen-bond acceptors (Lipinski definition) is 3. The third-order valence-corrected chi connectivity index (χ3v) is 2.02. The lowest BCUT2D eigenvalue weighted by molar-refractivity contribution is -0.153. The number of rotatable bonds is 5. The largest absolute Gasteiger partial charge is 0.461 e. The summed E-state index contributed by atoms with van der Waals surface area (Å²) in [5.41, 5.74) is 0.974. The van der Waals surface area contributed by atoms with Crippen LogP contribution in [-0.2, 0) is 20.9 Å². The zero-order valence-corrected chi connectivity index (χ0v) is 10.2. The van der Waals surface area contributed by atoms with E-state index >= 15 is 0 Å². The van der Waals surface area contributed by atoms with Crippen LogP contribution in [0.5, 0.6) is 0 Å². The molecule has 1 rings (SSSR count). The molecule has 4 heteroatoms. The van der Waals surface area contributed by atoms with Crippen LogP contribution in [0.1, 0.15) is 19.4 Å². The van der Waals surface area contributed by atoms with Crippen molar-refractivity contribution in [3.63, 3.8) is 0 Å². The second-order valence-corrected chi connectivity index (χ2v) is 4.09. The van der Waals surface area contributed by atoms with E-state index in [0.717, 1.165) is 5.56 Å². The summed E-state index contributed by atoms with van der Waals surface area (Å²) in [4.78, 5) is 11.1.